The highest BCUT2D eigenvalue weighted by molar-refractivity contribution is 7.92. The topological polar surface area (TPSA) is 157 Å². The predicted octanol–water partition coefficient (Wildman–Crippen LogP) is 3.49. The number of sulfone groups is 1. The Hall–Kier alpha value is -3.04. The molecule has 2 heterocycles. The van der Waals surface area contributed by atoms with Crippen molar-refractivity contribution in [2.45, 2.75) is 78.4 Å². The standard InChI is InChI=1S/C35H45N3O8S2/c1-2-44-33-13-10-27(26-8-6-25(21-36)7-9-26)18-34(33)48(42,43)38-16-14-35(15-17-38)20-28(23-46-35)37-22-29(39)24-45-30-4-3-5-32(19-30)47(40,41)31-11-12-31/h3-10,13,18-19,28-29,31,37,39H,2,11-12,14-17,20-24,36H2,1H3/t28-,29-/m0/s1. The summed E-state index contributed by atoms with van der Waals surface area (Å²) in [5.41, 5.74) is 7.98. The van der Waals surface area contributed by atoms with Crippen molar-refractivity contribution in [3.63, 3.8) is 0 Å². The summed E-state index contributed by atoms with van der Waals surface area (Å²) in [7, 11) is -7.16. The lowest BCUT2D eigenvalue weighted by Gasteiger charge is -2.38. The minimum Gasteiger partial charge on any atom is -0.492 e. The first kappa shape index (κ1) is 34.8. The molecule has 1 aliphatic carbocycles. The van der Waals surface area contributed by atoms with Crippen molar-refractivity contribution >= 4 is 19.9 Å². The third-order valence-electron chi connectivity index (χ3n) is 9.41. The molecule has 0 unspecified atom stereocenters. The van der Waals surface area contributed by atoms with Gasteiger partial charge in [0.2, 0.25) is 10.0 Å². The zero-order valence-corrected chi connectivity index (χ0v) is 28.8. The average molecular weight is 700 g/mol. The molecule has 11 nitrogen and oxygen atoms in total. The molecule has 0 amide bonds. The van der Waals surface area contributed by atoms with Crippen molar-refractivity contribution in [3.05, 3.63) is 72.3 Å². The molecule has 1 spiro atoms. The normalized spacial score (nSPS) is 20.5. The van der Waals surface area contributed by atoms with Crippen LogP contribution in [0.25, 0.3) is 11.1 Å². The third kappa shape index (κ3) is 7.72. The first-order valence-electron chi connectivity index (χ1n) is 16.6. The van der Waals surface area contributed by atoms with Crippen molar-refractivity contribution in [3.8, 4) is 22.6 Å². The highest BCUT2D eigenvalue weighted by Gasteiger charge is 2.45. The van der Waals surface area contributed by atoms with E-state index in [-0.39, 0.29) is 34.2 Å². The molecule has 0 aromatic heterocycles. The Balaban J connectivity index is 1.02. The quantitative estimate of drug-likeness (QED) is 0.228. The maximum absolute atomic E-state index is 14.0. The predicted molar refractivity (Wildman–Crippen MR) is 182 cm³/mol. The van der Waals surface area contributed by atoms with Gasteiger partial charge in [-0.25, -0.2) is 16.8 Å². The van der Waals surface area contributed by atoms with Crippen LogP contribution in [0.3, 0.4) is 0 Å². The Morgan fingerprint density at radius 3 is 2.42 bits per heavy atom. The second kappa shape index (κ2) is 14.4. The number of ether oxygens (including phenoxy) is 3. The number of benzene rings is 3. The zero-order chi connectivity index (χ0) is 33.9. The van der Waals surface area contributed by atoms with Crippen molar-refractivity contribution < 1.29 is 36.2 Å². The van der Waals surface area contributed by atoms with Crippen LogP contribution in [0.15, 0.2) is 76.5 Å². The molecule has 3 fully saturated rings. The Kier molecular flexibility index (Phi) is 10.5. The van der Waals surface area contributed by atoms with Gasteiger partial charge in [0.05, 0.1) is 29.0 Å². The highest BCUT2D eigenvalue weighted by atomic mass is 32.2. The number of nitrogens with one attached hydrogen (secondary N) is 1. The number of nitrogens with zero attached hydrogens (tertiary/aromatic N) is 1. The molecule has 3 aliphatic rings. The van der Waals surface area contributed by atoms with E-state index in [0.717, 1.165) is 16.7 Å². The van der Waals surface area contributed by atoms with Gasteiger partial charge in [-0.3, -0.25) is 0 Å². The molecule has 0 bridgehead atoms. The smallest absolute Gasteiger partial charge is 0.246 e. The summed E-state index contributed by atoms with van der Waals surface area (Å²) in [4.78, 5) is 0.402. The second-order valence-corrected chi connectivity index (χ2v) is 17.0. The lowest BCUT2D eigenvalue weighted by Crippen LogP contribution is -2.47. The Labute approximate surface area is 283 Å². The summed E-state index contributed by atoms with van der Waals surface area (Å²) >= 11 is 0. The monoisotopic (exact) mass is 699 g/mol. The number of hydrogen-bond donors (Lipinski definition) is 3. The van der Waals surface area contributed by atoms with Gasteiger partial charge in [-0.15, -0.1) is 0 Å². The largest absolute Gasteiger partial charge is 0.492 e. The van der Waals surface area contributed by atoms with Crippen molar-refractivity contribution in [1.82, 2.24) is 9.62 Å². The molecule has 6 rings (SSSR count). The Bertz CT molecular complexity index is 1790. The summed E-state index contributed by atoms with van der Waals surface area (Å²) < 4.78 is 72.3. The fourth-order valence-corrected chi connectivity index (χ4v) is 9.75. The van der Waals surface area contributed by atoms with Crippen molar-refractivity contribution in [2.24, 2.45) is 5.73 Å². The first-order chi connectivity index (χ1) is 23.0. The minimum atomic E-state index is -3.84. The molecule has 48 heavy (non-hydrogen) atoms. The van der Waals surface area contributed by atoms with Gasteiger partial charge < -0.3 is 30.4 Å². The van der Waals surface area contributed by atoms with Crippen LogP contribution in [-0.4, -0.2) is 88.7 Å². The van der Waals surface area contributed by atoms with Gasteiger partial charge in [0.15, 0.2) is 9.84 Å². The Morgan fingerprint density at radius 2 is 1.73 bits per heavy atom. The maximum Gasteiger partial charge on any atom is 0.246 e. The molecule has 0 radical (unpaired) electrons. The molecule has 2 aliphatic heterocycles. The number of rotatable bonds is 14. The van der Waals surface area contributed by atoms with Crippen LogP contribution < -0.4 is 20.5 Å². The summed E-state index contributed by atoms with van der Waals surface area (Å²) in [5.74, 6) is 0.738. The molecule has 3 aromatic rings. The number of piperidine rings is 1. The average Bonchev–Trinajstić information content (AvgIpc) is 3.90. The van der Waals surface area contributed by atoms with Gasteiger partial charge in [-0.1, -0.05) is 36.4 Å². The number of aliphatic hydroxyl groups excluding tert-OH is 1. The van der Waals surface area contributed by atoms with E-state index in [4.69, 9.17) is 19.9 Å². The van der Waals surface area contributed by atoms with Gasteiger partial charge in [0, 0.05) is 32.2 Å². The summed E-state index contributed by atoms with van der Waals surface area (Å²) in [6.45, 7) is 4.00. The number of sulfonamides is 1. The fourth-order valence-electron chi connectivity index (χ4n) is 6.46. The van der Waals surface area contributed by atoms with E-state index >= 15 is 0 Å². The van der Waals surface area contributed by atoms with Crippen molar-refractivity contribution in [1.29, 1.82) is 0 Å². The second-order valence-electron chi connectivity index (χ2n) is 12.9. The molecular weight excluding hydrogens is 655 g/mol. The third-order valence-corrected chi connectivity index (χ3v) is 13.6. The lowest BCUT2D eigenvalue weighted by molar-refractivity contribution is -0.0312. The number of aliphatic hydroxyl groups is 1. The summed E-state index contributed by atoms with van der Waals surface area (Å²) in [5, 5.41) is 13.6. The number of nitrogens with two attached hydrogens (primary N) is 1. The Morgan fingerprint density at radius 1 is 1.00 bits per heavy atom. The van der Waals surface area contributed by atoms with E-state index in [1.54, 1.807) is 30.3 Å². The van der Waals surface area contributed by atoms with E-state index < -0.39 is 31.6 Å². The van der Waals surface area contributed by atoms with Gasteiger partial charge in [-0.05, 0) is 86.1 Å². The molecule has 13 heteroatoms. The van der Waals surface area contributed by atoms with Crippen LogP contribution in [0.4, 0.5) is 0 Å². The molecular formula is C35H45N3O8S2. The zero-order valence-electron chi connectivity index (χ0n) is 27.2. The van der Waals surface area contributed by atoms with Crippen LogP contribution in [-0.2, 0) is 31.1 Å². The summed E-state index contributed by atoms with van der Waals surface area (Å²) in [6.07, 6.45) is 2.38. The first-order valence-corrected chi connectivity index (χ1v) is 19.6. The van der Waals surface area contributed by atoms with Gasteiger partial charge in [0.1, 0.15) is 29.1 Å². The lowest BCUT2D eigenvalue weighted by atomic mass is 9.88. The highest BCUT2D eigenvalue weighted by Crippen LogP contribution is 2.39. The number of hydrogen-bond acceptors (Lipinski definition) is 10. The maximum atomic E-state index is 14.0. The van der Waals surface area contributed by atoms with Gasteiger partial charge in [-0.2, -0.15) is 4.31 Å². The van der Waals surface area contributed by atoms with Crippen LogP contribution in [0, 0.1) is 0 Å². The van der Waals surface area contributed by atoms with E-state index in [2.05, 4.69) is 5.32 Å². The van der Waals surface area contributed by atoms with Crippen molar-refractivity contribution in [2.75, 3.05) is 39.5 Å². The van der Waals surface area contributed by atoms with Gasteiger partial charge in [0.25, 0.3) is 0 Å². The van der Waals surface area contributed by atoms with Crippen LogP contribution in [0.2, 0.25) is 0 Å². The minimum absolute atomic E-state index is 0.00159. The van der Waals surface area contributed by atoms with E-state index in [1.165, 1.54) is 10.4 Å². The van der Waals surface area contributed by atoms with Crippen LogP contribution in [0.5, 0.6) is 11.5 Å². The molecule has 2 atom stereocenters. The molecule has 3 aromatic carbocycles. The molecule has 2 saturated heterocycles. The van der Waals surface area contributed by atoms with E-state index in [1.807, 2.05) is 37.3 Å². The SMILES string of the molecule is CCOc1ccc(-c2ccc(CN)cc2)cc1S(=O)(=O)N1CCC2(CC1)C[C@H](NC[C@H](O)COc1cccc(S(=O)(=O)C3CC3)c1)CO2. The fraction of sp³-hybridized carbons (Fsp3) is 0.486. The van der Waals surface area contributed by atoms with E-state index in [9.17, 15) is 21.9 Å². The molecule has 4 N–H and O–H groups in total. The molecule has 1 saturated carbocycles. The van der Waals surface area contributed by atoms with E-state index in [0.29, 0.717) is 76.5 Å². The summed E-state index contributed by atoms with van der Waals surface area (Å²) in [6, 6.07) is 19.5. The van der Waals surface area contributed by atoms with Crippen LogP contribution >= 0.6 is 0 Å². The molecule has 260 valence electrons. The van der Waals surface area contributed by atoms with Crippen LogP contribution in [0.1, 0.15) is 44.6 Å². The van der Waals surface area contributed by atoms with Gasteiger partial charge >= 0.3 is 0 Å².